The summed E-state index contributed by atoms with van der Waals surface area (Å²) in [5.74, 6) is 2.95. The maximum absolute atomic E-state index is 5.44. The summed E-state index contributed by atoms with van der Waals surface area (Å²) in [5.41, 5.74) is 1.94. The van der Waals surface area contributed by atoms with E-state index in [4.69, 9.17) is 14.2 Å². The van der Waals surface area contributed by atoms with E-state index in [-0.39, 0.29) is 6.79 Å². The molecule has 2 aromatic carbocycles. The van der Waals surface area contributed by atoms with Gasteiger partial charge in [0.1, 0.15) is 10.8 Å². The molecule has 27 heavy (non-hydrogen) atoms. The zero-order valence-corrected chi connectivity index (χ0v) is 15.1. The minimum atomic E-state index is 0.241. The molecule has 2 aromatic heterocycles. The van der Waals surface area contributed by atoms with Crippen molar-refractivity contribution in [3.63, 3.8) is 0 Å². The predicted octanol–water partition coefficient (Wildman–Crippen LogP) is 3.76. The highest BCUT2D eigenvalue weighted by molar-refractivity contribution is 7.17. The highest BCUT2D eigenvalue weighted by Gasteiger charge is 2.18. The van der Waals surface area contributed by atoms with Crippen molar-refractivity contribution in [1.29, 1.82) is 0 Å². The lowest BCUT2D eigenvalue weighted by Gasteiger charge is -1.99. The molecule has 1 aliphatic heterocycles. The van der Waals surface area contributed by atoms with Gasteiger partial charge in [0.15, 0.2) is 17.3 Å². The van der Waals surface area contributed by atoms with E-state index in [0.29, 0.717) is 11.6 Å². The number of methoxy groups -OCH3 is 1. The number of benzene rings is 2. The first kappa shape index (κ1) is 15.8. The molecule has 0 N–H and O–H groups in total. The molecular formula is C19H14N4O3S. The molecule has 0 bridgehead atoms. The lowest BCUT2D eigenvalue weighted by Crippen LogP contribution is -1.93. The summed E-state index contributed by atoms with van der Waals surface area (Å²) in [5, 5.41) is 14.0. The summed E-state index contributed by atoms with van der Waals surface area (Å²) in [6.45, 7) is 0.241. The van der Waals surface area contributed by atoms with Crippen molar-refractivity contribution in [3.8, 4) is 28.6 Å². The molecule has 7 nitrogen and oxygen atoms in total. The maximum atomic E-state index is 5.44. The molecule has 0 amide bonds. The molecule has 0 unspecified atom stereocenters. The van der Waals surface area contributed by atoms with Gasteiger partial charge < -0.3 is 14.2 Å². The zero-order valence-electron chi connectivity index (χ0n) is 14.3. The molecule has 1 aliphatic rings. The van der Waals surface area contributed by atoms with Crippen molar-refractivity contribution in [2.45, 2.75) is 0 Å². The molecule has 0 saturated heterocycles. The van der Waals surface area contributed by atoms with Crippen molar-refractivity contribution in [1.82, 2.24) is 19.8 Å². The van der Waals surface area contributed by atoms with Crippen LogP contribution in [0.2, 0.25) is 0 Å². The monoisotopic (exact) mass is 378 g/mol. The summed E-state index contributed by atoms with van der Waals surface area (Å²) in [7, 11) is 1.65. The Kier molecular flexibility index (Phi) is 3.75. The van der Waals surface area contributed by atoms with Crippen molar-refractivity contribution in [2.24, 2.45) is 0 Å². The molecular weight excluding hydrogens is 364 g/mol. The van der Waals surface area contributed by atoms with Crippen LogP contribution in [0.4, 0.5) is 0 Å². The summed E-state index contributed by atoms with van der Waals surface area (Å²) in [6, 6.07) is 13.5. The Labute approximate surface area is 158 Å². The third-order valence-corrected chi connectivity index (χ3v) is 5.04. The second-order valence-corrected chi connectivity index (χ2v) is 6.82. The van der Waals surface area contributed by atoms with Crippen molar-refractivity contribution in [3.05, 3.63) is 53.0 Å². The van der Waals surface area contributed by atoms with E-state index in [9.17, 15) is 0 Å². The van der Waals surface area contributed by atoms with E-state index in [1.807, 2.05) is 54.6 Å². The minimum Gasteiger partial charge on any atom is -0.497 e. The first-order valence-corrected chi connectivity index (χ1v) is 9.06. The fraction of sp³-hybridized carbons (Fsp3) is 0.105. The normalized spacial score (nSPS) is 12.9. The average Bonchev–Trinajstić information content (AvgIpc) is 3.41. The summed E-state index contributed by atoms with van der Waals surface area (Å²) in [4.78, 5) is 0.733. The van der Waals surface area contributed by atoms with E-state index in [1.165, 1.54) is 11.3 Å². The molecule has 3 heterocycles. The van der Waals surface area contributed by atoms with Gasteiger partial charge in [-0.25, -0.2) is 0 Å². The fourth-order valence-corrected chi connectivity index (χ4v) is 3.54. The Bertz CT molecular complexity index is 1150. The van der Waals surface area contributed by atoms with E-state index in [2.05, 4.69) is 15.3 Å². The topological polar surface area (TPSA) is 70.8 Å². The first-order valence-electron chi connectivity index (χ1n) is 8.24. The summed E-state index contributed by atoms with van der Waals surface area (Å²) >= 11 is 1.48. The Balaban J connectivity index is 1.45. The maximum Gasteiger partial charge on any atom is 0.235 e. The van der Waals surface area contributed by atoms with E-state index in [1.54, 1.807) is 11.6 Å². The van der Waals surface area contributed by atoms with Crippen LogP contribution in [0.15, 0.2) is 42.5 Å². The van der Waals surface area contributed by atoms with Crippen LogP contribution in [0.1, 0.15) is 10.6 Å². The molecule has 0 spiro atoms. The Morgan fingerprint density at radius 1 is 1.04 bits per heavy atom. The third kappa shape index (κ3) is 2.89. The molecule has 5 rings (SSSR count). The van der Waals surface area contributed by atoms with Gasteiger partial charge in [0, 0.05) is 5.56 Å². The van der Waals surface area contributed by atoms with Gasteiger partial charge in [0.05, 0.1) is 7.11 Å². The Hall–Kier alpha value is -3.39. The van der Waals surface area contributed by atoms with Gasteiger partial charge in [-0.15, -0.1) is 10.2 Å². The van der Waals surface area contributed by atoms with Crippen LogP contribution < -0.4 is 14.2 Å². The molecule has 8 heteroatoms. The van der Waals surface area contributed by atoms with Gasteiger partial charge in [-0.05, 0) is 42.0 Å². The third-order valence-electron chi connectivity index (χ3n) is 4.17. The molecule has 0 aliphatic carbocycles. The molecule has 0 fully saturated rings. The minimum absolute atomic E-state index is 0.241. The predicted molar refractivity (Wildman–Crippen MR) is 102 cm³/mol. The average molecular weight is 378 g/mol. The van der Waals surface area contributed by atoms with Gasteiger partial charge in [-0.2, -0.15) is 9.61 Å². The number of ether oxygens (including phenoxy) is 3. The highest BCUT2D eigenvalue weighted by atomic mass is 32.1. The lowest BCUT2D eigenvalue weighted by molar-refractivity contribution is 0.174. The van der Waals surface area contributed by atoms with Gasteiger partial charge in [0.2, 0.25) is 11.8 Å². The van der Waals surface area contributed by atoms with E-state index >= 15 is 0 Å². The number of nitrogens with zero attached hydrogens (tertiary/aromatic N) is 4. The molecule has 0 saturated carbocycles. The largest absolute Gasteiger partial charge is 0.497 e. The highest BCUT2D eigenvalue weighted by Crippen LogP contribution is 2.35. The van der Waals surface area contributed by atoms with E-state index < -0.39 is 0 Å². The zero-order chi connectivity index (χ0) is 18.2. The number of rotatable bonds is 4. The van der Waals surface area contributed by atoms with Crippen molar-refractivity contribution in [2.75, 3.05) is 13.9 Å². The van der Waals surface area contributed by atoms with E-state index in [0.717, 1.165) is 32.6 Å². The van der Waals surface area contributed by atoms with Gasteiger partial charge in [0.25, 0.3) is 0 Å². The fourth-order valence-electron chi connectivity index (χ4n) is 2.80. The van der Waals surface area contributed by atoms with Crippen LogP contribution in [0.25, 0.3) is 28.5 Å². The molecule has 4 aromatic rings. The number of hydrogen-bond acceptors (Lipinski definition) is 7. The molecule has 0 radical (unpaired) electrons. The van der Waals surface area contributed by atoms with Crippen LogP contribution >= 0.6 is 11.3 Å². The van der Waals surface area contributed by atoms with Crippen LogP contribution in [0.3, 0.4) is 0 Å². The second kappa shape index (κ2) is 6.40. The van der Waals surface area contributed by atoms with Crippen LogP contribution in [0.5, 0.6) is 17.2 Å². The molecule has 0 atom stereocenters. The smallest absolute Gasteiger partial charge is 0.235 e. The SMILES string of the molecule is COc1ccc(/C=C/c2nn3c(-c4ccc5c(c4)OCO5)nnc3s2)cc1. The van der Waals surface area contributed by atoms with Crippen LogP contribution in [0, 0.1) is 0 Å². The number of fused-ring (bicyclic) bond motifs is 2. The van der Waals surface area contributed by atoms with Crippen LogP contribution in [-0.2, 0) is 0 Å². The van der Waals surface area contributed by atoms with Crippen molar-refractivity contribution >= 4 is 28.4 Å². The van der Waals surface area contributed by atoms with Gasteiger partial charge in [-0.1, -0.05) is 29.5 Å². The number of aromatic nitrogens is 4. The summed E-state index contributed by atoms with van der Waals surface area (Å²) in [6.07, 6.45) is 3.97. The second-order valence-electron chi connectivity index (χ2n) is 5.83. The number of hydrogen-bond donors (Lipinski definition) is 0. The van der Waals surface area contributed by atoms with Gasteiger partial charge >= 0.3 is 0 Å². The van der Waals surface area contributed by atoms with Crippen molar-refractivity contribution < 1.29 is 14.2 Å². The van der Waals surface area contributed by atoms with Gasteiger partial charge in [-0.3, -0.25) is 0 Å². The summed E-state index contributed by atoms with van der Waals surface area (Å²) < 4.78 is 17.7. The first-order chi connectivity index (χ1) is 13.3. The standard InChI is InChI=1S/C19H14N4O3S/c1-24-14-6-2-12(3-7-14)4-9-17-22-23-18(20-21-19(23)27-17)13-5-8-15-16(10-13)26-11-25-15/h2-10H,11H2,1H3/b9-4+. The molecule has 134 valence electrons. The Morgan fingerprint density at radius 2 is 1.89 bits per heavy atom. The Morgan fingerprint density at radius 3 is 2.74 bits per heavy atom. The van der Waals surface area contributed by atoms with Crippen LogP contribution in [-0.4, -0.2) is 33.7 Å². The lowest BCUT2D eigenvalue weighted by atomic mass is 10.2. The quantitative estimate of drug-likeness (QED) is 0.538.